The molecule has 0 fully saturated rings. The van der Waals surface area contributed by atoms with Gasteiger partial charge < -0.3 is 4.74 Å². The molecule has 180 valence electrons. The Morgan fingerprint density at radius 3 is 2.50 bits per heavy atom. The number of para-hydroxylation sites is 1. The van der Waals surface area contributed by atoms with Crippen molar-refractivity contribution in [1.29, 1.82) is 0 Å². The third-order valence-electron chi connectivity index (χ3n) is 5.94. The molecular formula is C30H27N3O2S. The van der Waals surface area contributed by atoms with E-state index in [0.29, 0.717) is 22.3 Å². The number of aromatic nitrogens is 2. The second kappa shape index (κ2) is 10.3. The average Bonchev–Trinajstić information content (AvgIpc) is 3.36. The van der Waals surface area contributed by atoms with Crippen LogP contribution in [0.1, 0.15) is 29.8 Å². The van der Waals surface area contributed by atoms with Crippen molar-refractivity contribution in [2.75, 3.05) is 12.4 Å². The molecule has 2 heterocycles. The van der Waals surface area contributed by atoms with Gasteiger partial charge in [-0.1, -0.05) is 68.4 Å². The number of carbonyl (C=O) groups is 1. The van der Waals surface area contributed by atoms with Gasteiger partial charge in [-0.05, 0) is 42.2 Å². The summed E-state index contributed by atoms with van der Waals surface area (Å²) >= 11 is 1.42. The molecule has 0 saturated carbocycles. The van der Waals surface area contributed by atoms with Gasteiger partial charge in [-0.25, -0.2) is 9.97 Å². The molecule has 5 aromatic rings. The van der Waals surface area contributed by atoms with Crippen LogP contribution in [0, 0.1) is 5.92 Å². The molecule has 0 unspecified atom stereocenters. The number of rotatable bonds is 7. The van der Waals surface area contributed by atoms with Gasteiger partial charge in [0.05, 0.1) is 29.6 Å². The van der Waals surface area contributed by atoms with Crippen molar-refractivity contribution in [3.05, 3.63) is 95.4 Å². The van der Waals surface area contributed by atoms with Gasteiger partial charge in [-0.3, -0.25) is 10.1 Å². The molecule has 0 radical (unpaired) electrons. The van der Waals surface area contributed by atoms with E-state index < -0.39 is 0 Å². The Morgan fingerprint density at radius 1 is 0.917 bits per heavy atom. The first-order valence-electron chi connectivity index (χ1n) is 11.9. The summed E-state index contributed by atoms with van der Waals surface area (Å²) in [6.45, 7) is 4.43. The molecule has 5 nitrogen and oxygen atoms in total. The molecule has 1 N–H and O–H groups in total. The predicted molar refractivity (Wildman–Crippen MR) is 148 cm³/mol. The number of nitrogens with zero attached hydrogens (tertiary/aromatic N) is 2. The smallest absolute Gasteiger partial charge is 0.258 e. The average molecular weight is 494 g/mol. The highest BCUT2D eigenvalue weighted by Gasteiger charge is 2.16. The van der Waals surface area contributed by atoms with Gasteiger partial charge in [0.25, 0.3) is 5.91 Å². The van der Waals surface area contributed by atoms with Crippen molar-refractivity contribution < 1.29 is 9.53 Å². The molecule has 0 aliphatic heterocycles. The number of nitrogens with one attached hydrogen (secondary N) is 1. The Morgan fingerprint density at radius 2 is 1.72 bits per heavy atom. The number of hydrogen-bond donors (Lipinski definition) is 1. The van der Waals surface area contributed by atoms with E-state index in [1.54, 1.807) is 7.11 Å². The van der Waals surface area contributed by atoms with Crippen LogP contribution in [0.25, 0.3) is 33.4 Å². The fourth-order valence-corrected chi connectivity index (χ4v) is 4.92. The Kier molecular flexibility index (Phi) is 6.78. The van der Waals surface area contributed by atoms with Crippen LogP contribution in [0.15, 0.2) is 84.2 Å². The second-order valence-electron chi connectivity index (χ2n) is 9.09. The fraction of sp³-hybridized carbons (Fsp3) is 0.167. The summed E-state index contributed by atoms with van der Waals surface area (Å²) in [6.07, 6.45) is 1.05. The van der Waals surface area contributed by atoms with Gasteiger partial charge in [0.1, 0.15) is 5.75 Å². The van der Waals surface area contributed by atoms with Gasteiger partial charge in [0.15, 0.2) is 5.13 Å². The van der Waals surface area contributed by atoms with Crippen LogP contribution >= 0.6 is 11.3 Å². The van der Waals surface area contributed by atoms with Crippen molar-refractivity contribution in [3.63, 3.8) is 0 Å². The van der Waals surface area contributed by atoms with Crippen LogP contribution < -0.4 is 10.1 Å². The zero-order valence-electron chi connectivity index (χ0n) is 20.5. The van der Waals surface area contributed by atoms with E-state index in [2.05, 4.69) is 48.4 Å². The van der Waals surface area contributed by atoms with E-state index in [1.165, 1.54) is 16.9 Å². The number of fused-ring (bicyclic) bond motifs is 1. The molecule has 0 spiro atoms. The van der Waals surface area contributed by atoms with Gasteiger partial charge in [-0.2, -0.15) is 0 Å². The Balaban J connectivity index is 1.43. The van der Waals surface area contributed by atoms with Crippen molar-refractivity contribution in [2.45, 2.75) is 20.3 Å². The molecule has 36 heavy (non-hydrogen) atoms. The standard InChI is InChI=1S/C30H27N3O2S/c1-19(2)15-20-11-13-21(14-12-20)28-18-36-30(32-28)33-29(34)25-17-27(22-7-6-8-23(16-22)35-3)31-26-10-5-4-9-24(25)26/h4-14,16-19H,15H2,1-3H3,(H,32,33,34). The molecule has 0 bridgehead atoms. The maximum absolute atomic E-state index is 13.4. The molecule has 6 heteroatoms. The summed E-state index contributed by atoms with van der Waals surface area (Å²) in [7, 11) is 1.63. The summed E-state index contributed by atoms with van der Waals surface area (Å²) in [5.41, 5.74) is 6.09. The highest BCUT2D eigenvalue weighted by molar-refractivity contribution is 7.14. The van der Waals surface area contributed by atoms with Crippen molar-refractivity contribution >= 4 is 33.3 Å². The fourth-order valence-electron chi connectivity index (χ4n) is 4.20. The number of anilines is 1. The highest BCUT2D eigenvalue weighted by Crippen LogP contribution is 2.29. The van der Waals surface area contributed by atoms with E-state index in [4.69, 9.17) is 9.72 Å². The molecular weight excluding hydrogens is 466 g/mol. The molecule has 0 atom stereocenters. The second-order valence-corrected chi connectivity index (χ2v) is 9.95. The summed E-state index contributed by atoms with van der Waals surface area (Å²) < 4.78 is 5.37. The quantitative estimate of drug-likeness (QED) is 0.255. The van der Waals surface area contributed by atoms with E-state index in [0.717, 1.165) is 39.9 Å². The summed E-state index contributed by atoms with van der Waals surface area (Å²) in [6, 6.07) is 25.7. The number of hydrogen-bond acceptors (Lipinski definition) is 5. The van der Waals surface area contributed by atoms with E-state index in [1.807, 2.05) is 60.0 Å². The summed E-state index contributed by atoms with van der Waals surface area (Å²) in [5.74, 6) is 1.14. The zero-order valence-corrected chi connectivity index (χ0v) is 21.3. The Labute approximate surface area is 214 Å². The third-order valence-corrected chi connectivity index (χ3v) is 6.70. The monoisotopic (exact) mass is 493 g/mol. The normalized spacial score (nSPS) is 11.1. The van der Waals surface area contributed by atoms with Gasteiger partial charge in [0, 0.05) is 21.9 Å². The maximum Gasteiger partial charge on any atom is 0.258 e. The number of amides is 1. The minimum Gasteiger partial charge on any atom is -0.497 e. The lowest BCUT2D eigenvalue weighted by Crippen LogP contribution is -2.13. The number of methoxy groups -OCH3 is 1. The molecule has 5 rings (SSSR count). The number of thiazole rings is 1. The van der Waals surface area contributed by atoms with Gasteiger partial charge in [0.2, 0.25) is 0 Å². The lowest BCUT2D eigenvalue weighted by molar-refractivity contribution is 0.102. The largest absolute Gasteiger partial charge is 0.497 e. The number of benzene rings is 3. The highest BCUT2D eigenvalue weighted by atomic mass is 32.1. The van der Waals surface area contributed by atoms with E-state index in [-0.39, 0.29) is 5.91 Å². The first-order chi connectivity index (χ1) is 17.5. The van der Waals surface area contributed by atoms with E-state index in [9.17, 15) is 4.79 Å². The molecule has 0 saturated heterocycles. The summed E-state index contributed by atoms with van der Waals surface area (Å²) in [4.78, 5) is 22.9. The molecule has 2 aromatic heterocycles. The predicted octanol–water partition coefficient (Wildman–Crippen LogP) is 7.48. The molecule has 1 amide bonds. The van der Waals surface area contributed by atoms with Crippen molar-refractivity contribution in [3.8, 4) is 28.3 Å². The van der Waals surface area contributed by atoms with Gasteiger partial charge in [-0.15, -0.1) is 11.3 Å². The number of pyridine rings is 1. The van der Waals surface area contributed by atoms with Crippen molar-refractivity contribution in [1.82, 2.24) is 9.97 Å². The molecule has 3 aromatic carbocycles. The van der Waals surface area contributed by atoms with Crippen LogP contribution in [0.3, 0.4) is 0 Å². The molecule has 0 aliphatic carbocycles. The van der Waals surface area contributed by atoms with Gasteiger partial charge >= 0.3 is 0 Å². The van der Waals surface area contributed by atoms with Crippen LogP contribution in [0.4, 0.5) is 5.13 Å². The number of ether oxygens (including phenoxy) is 1. The van der Waals surface area contributed by atoms with E-state index >= 15 is 0 Å². The zero-order chi connectivity index (χ0) is 25.1. The van der Waals surface area contributed by atoms with Crippen LogP contribution in [-0.2, 0) is 6.42 Å². The summed E-state index contributed by atoms with van der Waals surface area (Å²) in [5, 5.41) is 6.32. The van der Waals surface area contributed by atoms with Crippen molar-refractivity contribution in [2.24, 2.45) is 5.92 Å². The molecule has 0 aliphatic rings. The minimum atomic E-state index is -0.217. The number of carbonyl (C=O) groups excluding carboxylic acids is 1. The lowest BCUT2D eigenvalue weighted by atomic mass is 10.0. The van der Waals surface area contributed by atoms with Crippen LogP contribution in [0.5, 0.6) is 5.75 Å². The Hall–Kier alpha value is -4.03. The first-order valence-corrected chi connectivity index (χ1v) is 12.8. The Bertz CT molecular complexity index is 1520. The topological polar surface area (TPSA) is 64.1 Å². The van der Waals surface area contributed by atoms with Crippen LogP contribution in [-0.4, -0.2) is 23.0 Å². The minimum absolute atomic E-state index is 0.217. The third kappa shape index (κ3) is 5.14. The maximum atomic E-state index is 13.4. The SMILES string of the molecule is COc1cccc(-c2cc(C(=O)Nc3nc(-c4ccc(CC(C)C)cc4)cs3)c3ccccc3n2)c1. The first kappa shape index (κ1) is 23.7. The van der Waals surface area contributed by atoms with Crippen LogP contribution in [0.2, 0.25) is 0 Å². The lowest BCUT2D eigenvalue weighted by Gasteiger charge is -2.10.